The first-order valence-corrected chi connectivity index (χ1v) is 4.17. The second kappa shape index (κ2) is 4.47. The number of nitrogens with one attached hydrogen (secondary N) is 1. The van der Waals surface area contributed by atoms with E-state index in [0.29, 0.717) is 5.69 Å². The fourth-order valence-corrected chi connectivity index (χ4v) is 1.04. The van der Waals surface area contributed by atoms with E-state index in [9.17, 15) is 4.39 Å². The largest absolute Gasteiger partial charge is 0.494 e. The predicted molar refractivity (Wildman–Crippen MR) is 51.6 cm³/mol. The van der Waals surface area contributed by atoms with Gasteiger partial charge in [-0.1, -0.05) is 0 Å². The molecular formula is C10H11FN2O. The lowest BCUT2D eigenvalue weighted by Gasteiger charge is -2.09. The maximum Gasteiger partial charge on any atom is 0.167 e. The van der Waals surface area contributed by atoms with Crippen molar-refractivity contribution in [1.82, 2.24) is 0 Å². The number of halogens is 1. The highest BCUT2D eigenvalue weighted by atomic mass is 19.1. The predicted octanol–water partition coefficient (Wildman–Crippen LogP) is 2.16. The van der Waals surface area contributed by atoms with Crippen LogP contribution < -0.4 is 10.1 Å². The van der Waals surface area contributed by atoms with Crippen LogP contribution in [0.3, 0.4) is 0 Å². The van der Waals surface area contributed by atoms with Gasteiger partial charge in [-0.15, -0.1) is 0 Å². The van der Waals surface area contributed by atoms with E-state index in [-0.39, 0.29) is 11.8 Å². The zero-order valence-corrected chi connectivity index (χ0v) is 8.04. The van der Waals surface area contributed by atoms with Crippen LogP contribution in [0.1, 0.15) is 6.92 Å². The number of hydrogen-bond acceptors (Lipinski definition) is 3. The average Bonchev–Trinajstić information content (AvgIpc) is 2.18. The van der Waals surface area contributed by atoms with E-state index < -0.39 is 5.82 Å². The van der Waals surface area contributed by atoms with Gasteiger partial charge in [-0.05, 0) is 19.1 Å². The molecule has 0 bridgehead atoms. The number of nitrogens with zero attached hydrogens (tertiary/aromatic N) is 1. The standard InChI is InChI=1S/C10H11FN2O/c1-7(6-12)13-8-3-4-10(14-2)9(11)5-8/h3-5,7,13H,1-2H3. The van der Waals surface area contributed by atoms with Crippen LogP contribution in [-0.4, -0.2) is 13.2 Å². The molecule has 4 heteroatoms. The van der Waals surface area contributed by atoms with Gasteiger partial charge in [-0.2, -0.15) is 5.26 Å². The summed E-state index contributed by atoms with van der Waals surface area (Å²) in [7, 11) is 1.41. The number of anilines is 1. The first-order chi connectivity index (χ1) is 6.67. The van der Waals surface area contributed by atoms with Crippen molar-refractivity contribution in [3.63, 3.8) is 0 Å². The zero-order valence-electron chi connectivity index (χ0n) is 8.04. The van der Waals surface area contributed by atoms with Crippen molar-refractivity contribution >= 4 is 5.69 Å². The molecule has 1 aromatic rings. The van der Waals surface area contributed by atoms with Gasteiger partial charge in [0, 0.05) is 11.8 Å². The number of rotatable bonds is 3. The summed E-state index contributed by atoms with van der Waals surface area (Å²) in [6.07, 6.45) is 0. The van der Waals surface area contributed by atoms with Crippen LogP contribution in [0.25, 0.3) is 0 Å². The fourth-order valence-electron chi connectivity index (χ4n) is 1.04. The molecule has 0 aromatic heterocycles. The van der Waals surface area contributed by atoms with Crippen LogP contribution in [0.5, 0.6) is 5.75 Å². The molecule has 1 atom stereocenters. The Morgan fingerprint density at radius 3 is 2.79 bits per heavy atom. The van der Waals surface area contributed by atoms with E-state index in [0.717, 1.165) is 0 Å². The topological polar surface area (TPSA) is 45.0 Å². The van der Waals surface area contributed by atoms with Crippen molar-refractivity contribution in [3.8, 4) is 11.8 Å². The quantitative estimate of drug-likeness (QED) is 0.801. The van der Waals surface area contributed by atoms with Crippen molar-refractivity contribution in [1.29, 1.82) is 5.26 Å². The molecule has 14 heavy (non-hydrogen) atoms. The van der Waals surface area contributed by atoms with Crippen LogP contribution in [-0.2, 0) is 0 Å². The number of benzene rings is 1. The summed E-state index contributed by atoms with van der Waals surface area (Å²) >= 11 is 0. The minimum Gasteiger partial charge on any atom is -0.494 e. The summed E-state index contributed by atoms with van der Waals surface area (Å²) < 4.78 is 17.9. The lowest BCUT2D eigenvalue weighted by Crippen LogP contribution is -2.11. The van der Waals surface area contributed by atoms with E-state index in [4.69, 9.17) is 10.00 Å². The lowest BCUT2D eigenvalue weighted by molar-refractivity contribution is 0.386. The molecule has 1 unspecified atom stereocenters. The minimum absolute atomic E-state index is 0.195. The van der Waals surface area contributed by atoms with E-state index >= 15 is 0 Å². The van der Waals surface area contributed by atoms with E-state index in [2.05, 4.69) is 5.32 Å². The first kappa shape index (κ1) is 10.3. The lowest BCUT2D eigenvalue weighted by atomic mass is 10.2. The Morgan fingerprint density at radius 2 is 2.29 bits per heavy atom. The SMILES string of the molecule is COc1ccc(NC(C)C#N)cc1F. The summed E-state index contributed by atoms with van der Waals surface area (Å²) in [4.78, 5) is 0. The third kappa shape index (κ3) is 2.36. The van der Waals surface area contributed by atoms with Gasteiger partial charge >= 0.3 is 0 Å². The van der Waals surface area contributed by atoms with Gasteiger partial charge in [0.2, 0.25) is 0 Å². The molecule has 0 heterocycles. The molecule has 0 radical (unpaired) electrons. The molecule has 0 fully saturated rings. The van der Waals surface area contributed by atoms with Gasteiger partial charge in [-0.3, -0.25) is 0 Å². The molecule has 0 spiro atoms. The summed E-state index contributed by atoms with van der Waals surface area (Å²) in [5.74, 6) is -0.247. The molecule has 0 amide bonds. The molecule has 0 saturated heterocycles. The highest BCUT2D eigenvalue weighted by Gasteiger charge is 2.04. The Balaban J connectivity index is 2.82. The van der Waals surface area contributed by atoms with E-state index in [1.807, 2.05) is 6.07 Å². The molecule has 0 aliphatic carbocycles. The van der Waals surface area contributed by atoms with Gasteiger partial charge in [0.15, 0.2) is 11.6 Å². The number of hydrogen-bond donors (Lipinski definition) is 1. The molecule has 0 saturated carbocycles. The first-order valence-electron chi connectivity index (χ1n) is 4.17. The molecular weight excluding hydrogens is 183 g/mol. The highest BCUT2D eigenvalue weighted by molar-refractivity contribution is 5.48. The molecule has 1 rings (SSSR count). The second-order valence-corrected chi connectivity index (χ2v) is 2.84. The molecule has 0 aliphatic heterocycles. The van der Waals surface area contributed by atoms with Crippen LogP contribution in [0.4, 0.5) is 10.1 Å². The highest BCUT2D eigenvalue weighted by Crippen LogP contribution is 2.20. The Morgan fingerprint density at radius 1 is 1.57 bits per heavy atom. The van der Waals surface area contributed by atoms with Gasteiger partial charge in [-0.25, -0.2) is 4.39 Å². The molecule has 3 nitrogen and oxygen atoms in total. The van der Waals surface area contributed by atoms with Crippen LogP contribution in [0.2, 0.25) is 0 Å². The van der Waals surface area contributed by atoms with Gasteiger partial charge in [0.25, 0.3) is 0 Å². The molecule has 1 aromatic carbocycles. The van der Waals surface area contributed by atoms with Crippen LogP contribution >= 0.6 is 0 Å². The van der Waals surface area contributed by atoms with Crippen molar-refractivity contribution in [2.24, 2.45) is 0 Å². The van der Waals surface area contributed by atoms with Crippen molar-refractivity contribution in [2.75, 3.05) is 12.4 Å². The third-order valence-corrected chi connectivity index (χ3v) is 1.73. The second-order valence-electron chi connectivity index (χ2n) is 2.84. The monoisotopic (exact) mass is 194 g/mol. The fraction of sp³-hybridized carbons (Fsp3) is 0.300. The van der Waals surface area contributed by atoms with Gasteiger partial charge in [0.1, 0.15) is 6.04 Å². The number of methoxy groups -OCH3 is 1. The van der Waals surface area contributed by atoms with Gasteiger partial charge in [0.05, 0.1) is 13.2 Å². The van der Waals surface area contributed by atoms with Gasteiger partial charge < -0.3 is 10.1 Å². The van der Waals surface area contributed by atoms with Crippen molar-refractivity contribution < 1.29 is 9.13 Å². The maximum atomic E-state index is 13.2. The third-order valence-electron chi connectivity index (χ3n) is 1.73. The summed E-state index contributed by atoms with van der Waals surface area (Å²) in [6.45, 7) is 1.70. The van der Waals surface area contributed by atoms with E-state index in [1.54, 1.807) is 13.0 Å². The van der Waals surface area contributed by atoms with Crippen molar-refractivity contribution in [3.05, 3.63) is 24.0 Å². The Kier molecular flexibility index (Phi) is 3.29. The van der Waals surface area contributed by atoms with Crippen LogP contribution in [0, 0.1) is 17.1 Å². The Hall–Kier alpha value is -1.76. The normalized spacial score (nSPS) is 11.6. The smallest absolute Gasteiger partial charge is 0.167 e. The number of ether oxygens (including phenoxy) is 1. The molecule has 74 valence electrons. The Bertz CT molecular complexity index is 360. The van der Waals surface area contributed by atoms with Crippen molar-refractivity contribution in [2.45, 2.75) is 13.0 Å². The summed E-state index contributed by atoms with van der Waals surface area (Å²) in [5, 5.41) is 11.4. The van der Waals surface area contributed by atoms with Crippen LogP contribution in [0.15, 0.2) is 18.2 Å². The summed E-state index contributed by atoms with van der Waals surface area (Å²) in [5.41, 5.74) is 0.567. The van der Waals surface area contributed by atoms with E-state index in [1.165, 1.54) is 19.2 Å². The average molecular weight is 194 g/mol. The maximum absolute atomic E-state index is 13.2. The summed E-state index contributed by atoms with van der Waals surface area (Å²) in [6, 6.07) is 6.13. The molecule has 1 N–H and O–H groups in total. The zero-order chi connectivity index (χ0) is 10.6. The molecule has 0 aliphatic rings. The Labute approximate surface area is 82.1 Å². The minimum atomic E-state index is -0.442. The number of nitriles is 1.